The molecule has 0 atom stereocenters. The Hall–Kier alpha value is -3.31. The van der Waals surface area contributed by atoms with Gasteiger partial charge in [-0.3, -0.25) is 14.5 Å². The van der Waals surface area contributed by atoms with Crippen molar-refractivity contribution < 1.29 is 14.3 Å². The Balaban J connectivity index is 1.55. The number of para-hydroxylation sites is 2. The lowest BCUT2D eigenvalue weighted by Crippen LogP contribution is -2.42. The van der Waals surface area contributed by atoms with E-state index in [2.05, 4.69) is 5.32 Å². The predicted octanol–water partition coefficient (Wildman–Crippen LogP) is 4.52. The molecule has 3 aromatic rings. The molecule has 0 aromatic heterocycles. The van der Waals surface area contributed by atoms with Crippen LogP contribution >= 0.6 is 11.6 Å². The minimum absolute atomic E-state index is 0.0272. The zero-order chi connectivity index (χ0) is 19.5. The summed E-state index contributed by atoms with van der Waals surface area (Å²) in [6.07, 6.45) is 0. The van der Waals surface area contributed by atoms with Gasteiger partial charge in [0.1, 0.15) is 18.9 Å². The van der Waals surface area contributed by atoms with Crippen LogP contribution in [0.1, 0.15) is 15.9 Å². The second-order valence-corrected chi connectivity index (χ2v) is 6.77. The van der Waals surface area contributed by atoms with Crippen molar-refractivity contribution in [1.82, 2.24) is 0 Å². The molecule has 5 nitrogen and oxygen atoms in total. The predicted molar refractivity (Wildman–Crippen MR) is 109 cm³/mol. The number of rotatable bonds is 4. The van der Waals surface area contributed by atoms with Crippen LogP contribution in [-0.4, -0.2) is 18.4 Å². The van der Waals surface area contributed by atoms with Gasteiger partial charge in [-0.2, -0.15) is 0 Å². The number of benzene rings is 3. The Morgan fingerprint density at radius 2 is 1.82 bits per heavy atom. The Bertz CT molecular complexity index is 1050. The van der Waals surface area contributed by atoms with Crippen LogP contribution in [-0.2, 0) is 11.4 Å². The molecule has 0 bridgehead atoms. The number of halogens is 1. The molecule has 0 spiro atoms. The standard InChI is InChI=1S/C22H17ClN2O3/c23-18-9-2-1-6-16(18)14-28-17-8-5-7-15(12-17)22(27)25-13-21(26)24-19-10-3-4-11-20(19)25/h1-12H,13-14H2,(H,24,26). The molecule has 3 aromatic carbocycles. The van der Waals surface area contributed by atoms with Gasteiger partial charge in [-0.05, 0) is 36.4 Å². The molecule has 140 valence electrons. The summed E-state index contributed by atoms with van der Waals surface area (Å²) in [6, 6.07) is 21.6. The van der Waals surface area contributed by atoms with Crippen molar-refractivity contribution in [2.45, 2.75) is 6.61 Å². The number of carbonyl (C=O) groups excluding carboxylic acids is 2. The molecule has 28 heavy (non-hydrogen) atoms. The van der Waals surface area contributed by atoms with E-state index >= 15 is 0 Å². The van der Waals surface area contributed by atoms with Gasteiger partial charge in [0.25, 0.3) is 5.91 Å². The van der Waals surface area contributed by atoms with E-state index in [0.717, 1.165) is 5.56 Å². The molecule has 0 radical (unpaired) electrons. The molecule has 1 aliphatic heterocycles. The van der Waals surface area contributed by atoms with Gasteiger partial charge in [0.05, 0.1) is 11.4 Å². The van der Waals surface area contributed by atoms with E-state index in [4.69, 9.17) is 16.3 Å². The first-order valence-electron chi connectivity index (χ1n) is 8.79. The number of hydrogen-bond acceptors (Lipinski definition) is 3. The normalized spacial score (nSPS) is 12.9. The molecule has 2 amide bonds. The van der Waals surface area contributed by atoms with Crippen molar-refractivity contribution >= 4 is 34.8 Å². The Kier molecular flexibility index (Phi) is 5.00. The molecule has 0 aliphatic carbocycles. The highest BCUT2D eigenvalue weighted by atomic mass is 35.5. The molecule has 0 saturated carbocycles. The molecule has 6 heteroatoms. The van der Waals surface area contributed by atoms with E-state index in [1.54, 1.807) is 36.4 Å². The van der Waals surface area contributed by atoms with Crippen LogP contribution < -0.4 is 15.0 Å². The molecule has 1 N–H and O–H groups in total. The summed E-state index contributed by atoms with van der Waals surface area (Å²) < 4.78 is 5.81. The molecular weight excluding hydrogens is 376 g/mol. The fourth-order valence-electron chi connectivity index (χ4n) is 3.07. The molecule has 1 heterocycles. The van der Waals surface area contributed by atoms with Crippen molar-refractivity contribution in [1.29, 1.82) is 0 Å². The summed E-state index contributed by atoms with van der Waals surface area (Å²) in [5.41, 5.74) is 2.61. The number of ether oxygens (including phenoxy) is 1. The van der Waals surface area contributed by atoms with Gasteiger partial charge < -0.3 is 10.1 Å². The minimum atomic E-state index is -0.259. The smallest absolute Gasteiger partial charge is 0.258 e. The number of hydrogen-bond donors (Lipinski definition) is 1. The van der Waals surface area contributed by atoms with Crippen molar-refractivity contribution in [3.63, 3.8) is 0 Å². The first-order valence-corrected chi connectivity index (χ1v) is 9.16. The number of fused-ring (bicyclic) bond motifs is 1. The van der Waals surface area contributed by atoms with E-state index in [1.165, 1.54) is 4.90 Å². The van der Waals surface area contributed by atoms with Crippen molar-refractivity contribution in [2.24, 2.45) is 0 Å². The number of nitrogens with one attached hydrogen (secondary N) is 1. The molecule has 4 rings (SSSR count). The third kappa shape index (κ3) is 3.70. The SMILES string of the molecule is O=C1CN(C(=O)c2cccc(OCc3ccccc3Cl)c2)c2ccccc2N1. The molecule has 0 unspecified atom stereocenters. The number of carbonyl (C=O) groups is 2. The van der Waals surface area contributed by atoms with E-state index < -0.39 is 0 Å². The maximum atomic E-state index is 13.1. The fourth-order valence-corrected chi connectivity index (χ4v) is 3.26. The van der Waals surface area contributed by atoms with Crippen molar-refractivity contribution in [3.8, 4) is 5.75 Å². The molecule has 1 aliphatic rings. The minimum Gasteiger partial charge on any atom is -0.489 e. The molecule has 0 saturated heterocycles. The van der Waals surface area contributed by atoms with E-state index in [0.29, 0.717) is 34.3 Å². The largest absolute Gasteiger partial charge is 0.489 e. The third-order valence-corrected chi connectivity index (χ3v) is 4.82. The first kappa shape index (κ1) is 18.1. The summed E-state index contributed by atoms with van der Waals surface area (Å²) in [5.74, 6) is 0.0733. The highest BCUT2D eigenvalue weighted by molar-refractivity contribution is 6.31. The van der Waals surface area contributed by atoms with Gasteiger partial charge in [-0.25, -0.2) is 0 Å². The Labute approximate surface area is 167 Å². The summed E-state index contributed by atoms with van der Waals surface area (Å²) in [4.78, 5) is 26.5. The summed E-state index contributed by atoms with van der Waals surface area (Å²) >= 11 is 6.16. The zero-order valence-electron chi connectivity index (χ0n) is 14.9. The Morgan fingerprint density at radius 1 is 1.04 bits per heavy atom. The lowest BCUT2D eigenvalue weighted by atomic mass is 10.1. The maximum absolute atomic E-state index is 13.1. The van der Waals surface area contributed by atoms with Gasteiger partial charge >= 0.3 is 0 Å². The van der Waals surface area contributed by atoms with Crippen LogP contribution in [0.4, 0.5) is 11.4 Å². The van der Waals surface area contributed by atoms with Crippen molar-refractivity contribution in [2.75, 3.05) is 16.8 Å². The topological polar surface area (TPSA) is 58.6 Å². The Morgan fingerprint density at radius 3 is 2.68 bits per heavy atom. The van der Waals surface area contributed by atoms with E-state index in [9.17, 15) is 9.59 Å². The number of anilines is 2. The zero-order valence-corrected chi connectivity index (χ0v) is 15.6. The third-order valence-electron chi connectivity index (χ3n) is 4.45. The van der Waals surface area contributed by atoms with E-state index in [1.807, 2.05) is 36.4 Å². The summed E-state index contributed by atoms with van der Waals surface area (Å²) in [6.45, 7) is 0.271. The number of nitrogens with zero attached hydrogens (tertiary/aromatic N) is 1. The van der Waals surface area contributed by atoms with Crippen LogP contribution in [0, 0.1) is 0 Å². The monoisotopic (exact) mass is 392 g/mol. The highest BCUT2D eigenvalue weighted by Gasteiger charge is 2.27. The number of amides is 2. The summed E-state index contributed by atoms with van der Waals surface area (Å²) in [5, 5.41) is 3.41. The van der Waals surface area contributed by atoms with Crippen LogP contribution in [0.3, 0.4) is 0 Å². The highest BCUT2D eigenvalue weighted by Crippen LogP contribution is 2.30. The van der Waals surface area contributed by atoms with Gasteiger partial charge in [0, 0.05) is 16.1 Å². The van der Waals surface area contributed by atoms with Gasteiger partial charge in [0.15, 0.2) is 0 Å². The van der Waals surface area contributed by atoms with Crippen LogP contribution in [0.25, 0.3) is 0 Å². The molecular formula is C22H17ClN2O3. The van der Waals surface area contributed by atoms with Crippen LogP contribution in [0.2, 0.25) is 5.02 Å². The fraction of sp³-hybridized carbons (Fsp3) is 0.0909. The average molecular weight is 393 g/mol. The first-order chi connectivity index (χ1) is 13.6. The quantitative estimate of drug-likeness (QED) is 0.710. The maximum Gasteiger partial charge on any atom is 0.258 e. The second kappa shape index (κ2) is 7.74. The van der Waals surface area contributed by atoms with Gasteiger partial charge in [-0.15, -0.1) is 0 Å². The lowest BCUT2D eigenvalue weighted by Gasteiger charge is -2.29. The molecule has 0 fully saturated rings. The van der Waals surface area contributed by atoms with E-state index in [-0.39, 0.29) is 18.4 Å². The summed E-state index contributed by atoms with van der Waals surface area (Å²) in [7, 11) is 0. The lowest BCUT2D eigenvalue weighted by molar-refractivity contribution is -0.115. The van der Waals surface area contributed by atoms with Crippen LogP contribution in [0.15, 0.2) is 72.8 Å². The van der Waals surface area contributed by atoms with Crippen molar-refractivity contribution in [3.05, 3.63) is 88.9 Å². The second-order valence-electron chi connectivity index (χ2n) is 6.36. The van der Waals surface area contributed by atoms with Gasteiger partial charge in [0.2, 0.25) is 5.91 Å². The average Bonchev–Trinajstić information content (AvgIpc) is 2.72. The van der Waals surface area contributed by atoms with Crippen LogP contribution in [0.5, 0.6) is 5.75 Å². The van der Waals surface area contributed by atoms with Gasteiger partial charge in [-0.1, -0.05) is 48.0 Å².